The zero-order valence-electron chi connectivity index (χ0n) is 18.7. The molecule has 182 valence electrons. The number of phenols is 1. The summed E-state index contributed by atoms with van der Waals surface area (Å²) in [4.78, 5) is 40.3. The number of ether oxygens (including phenoxy) is 1. The number of nitrogens with zero attached hydrogens (tertiary/aromatic N) is 4. The summed E-state index contributed by atoms with van der Waals surface area (Å²) in [5, 5.41) is 33.3. The van der Waals surface area contributed by atoms with Crippen molar-refractivity contribution < 1.29 is 24.5 Å². The van der Waals surface area contributed by atoms with Crippen LogP contribution in [0, 0.1) is 20.2 Å². The van der Waals surface area contributed by atoms with Gasteiger partial charge in [-0.25, -0.2) is 4.99 Å². The number of amides is 1. The molecular weight excluding hydrogens is 488 g/mol. The van der Waals surface area contributed by atoms with Gasteiger partial charge in [-0.1, -0.05) is 30.3 Å². The molecule has 1 aliphatic rings. The van der Waals surface area contributed by atoms with Crippen molar-refractivity contribution in [2.45, 2.75) is 6.54 Å². The highest BCUT2D eigenvalue weighted by Gasteiger charge is 2.34. The molecular formula is C24H18N4O7S. The van der Waals surface area contributed by atoms with Crippen molar-refractivity contribution in [2.75, 3.05) is 7.11 Å². The van der Waals surface area contributed by atoms with Crippen LogP contribution in [-0.2, 0) is 11.3 Å². The summed E-state index contributed by atoms with van der Waals surface area (Å²) >= 11 is 0.993. The second-order valence-electron chi connectivity index (χ2n) is 7.50. The van der Waals surface area contributed by atoms with Crippen molar-refractivity contribution in [1.29, 1.82) is 0 Å². The number of hydrogen-bond donors (Lipinski definition) is 1. The van der Waals surface area contributed by atoms with Crippen LogP contribution in [0.3, 0.4) is 0 Å². The Kier molecular flexibility index (Phi) is 6.97. The molecule has 11 nitrogen and oxygen atoms in total. The Morgan fingerprint density at radius 2 is 1.75 bits per heavy atom. The number of nitro groups is 2. The summed E-state index contributed by atoms with van der Waals surface area (Å²) in [7, 11) is 1.55. The number of carbonyl (C=O) groups excluding carboxylic acids is 1. The molecule has 0 aliphatic carbocycles. The predicted molar refractivity (Wildman–Crippen MR) is 134 cm³/mol. The topological polar surface area (TPSA) is 148 Å². The average Bonchev–Trinajstić information content (AvgIpc) is 3.14. The van der Waals surface area contributed by atoms with E-state index in [0.29, 0.717) is 22.7 Å². The summed E-state index contributed by atoms with van der Waals surface area (Å²) in [6, 6.07) is 17.7. The highest BCUT2D eigenvalue weighted by Crippen LogP contribution is 2.40. The molecule has 4 rings (SSSR count). The maximum atomic E-state index is 13.4. The SMILES string of the molecule is COc1ccc(CN2C(=O)/C(=C/c3cc([N+](=O)[O-])cc([N+](=O)[O-])c3O)SC2=Nc2ccccc2)cc1. The van der Waals surface area contributed by atoms with E-state index >= 15 is 0 Å². The third-order valence-corrected chi connectivity index (χ3v) is 6.17. The number of nitro benzene ring substituents is 2. The largest absolute Gasteiger partial charge is 0.502 e. The van der Waals surface area contributed by atoms with Crippen LogP contribution in [0.2, 0.25) is 0 Å². The number of methoxy groups -OCH3 is 1. The maximum Gasteiger partial charge on any atom is 0.318 e. The van der Waals surface area contributed by atoms with E-state index in [0.717, 1.165) is 23.4 Å². The van der Waals surface area contributed by atoms with Gasteiger partial charge in [0.15, 0.2) is 5.17 Å². The molecule has 0 saturated carbocycles. The van der Waals surface area contributed by atoms with Crippen LogP contribution in [0.15, 0.2) is 76.6 Å². The molecule has 0 unspecified atom stereocenters. The Labute approximate surface area is 208 Å². The summed E-state index contributed by atoms with van der Waals surface area (Å²) in [5.74, 6) is -0.594. The number of hydrogen-bond acceptors (Lipinski definition) is 9. The number of aliphatic imine (C=N–C) groups is 1. The van der Waals surface area contributed by atoms with E-state index in [1.54, 1.807) is 55.6 Å². The molecule has 3 aromatic carbocycles. The molecule has 1 amide bonds. The fraction of sp³-hybridized carbons (Fsp3) is 0.0833. The molecule has 36 heavy (non-hydrogen) atoms. The molecule has 0 spiro atoms. The van der Waals surface area contributed by atoms with E-state index in [-0.39, 0.29) is 17.0 Å². The van der Waals surface area contributed by atoms with Crippen LogP contribution in [-0.4, -0.2) is 38.0 Å². The Morgan fingerprint density at radius 3 is 2.36 bits per heavy atom. The van der Waals surface area contributed by atoms with Crippen LogP contribution < -0.4 is 4.74 Å². The number of thioether (sulfide) groups is 1. The Bertz CT molecular complexity index is 1410. The number of aromatic hydroxyl groups is 1. The monoisotopic (exact) mass is 506 g/mol. The lowest BCUT2D eigenvalue weighted by molar-refractivity contribution is -0.394. The number of rotatable bonds is 7. The molecule has 0 bridgehead atoms. The summed E-state index contributed by atoms with van der Waals surface area (Å²) in [6.45, 7) is 0.167. The lowest BCUT2D eigenvalue weighted by Gasteiger charge is -2.16. The second kappa shape index (κ2) is 10.3. The molecule has 12 heteroatoms. The van der Waals surface area contributed by atoms with Crippen molar-refractivity contribution in [2.24, 2.45) is 4.99 Å². The van der Waals surface area contributed by atoms with Crippen LogP contribution >= 0.6 is 11.8 Å². The van der Waals surface area contributed by atoms with E-state index in [1.165, 1.54) is 11.0 Å². The van der Waals surface area contributed by atoms with Gasteiger partial charge >= 0.3 is 5.69 Å². The Hall–Kier alpha value is -4.71. The quantitative estimate of drug-likeness (QED) is 0.267. The third kappa shape index (κ3) is 5.18. The van der Waals surface area contributed by atoms with Gasteiger partial charge in [-0.2, -0.15) is 0 Å². The average molecular weight is 506 g/mol. The van der Waals surface area contributed by atoms with E-state index < -0.39 is 32.9 Å². The normalized spacial score (nSPS) is 15.5. The van der Waals surface area contributed by atoms with Gasteiger partial charge in [0.25, 0.3) is 11.6 Å². The first-order chi connectivity index (χ1) is 17.3. The standard InChI is InChI=1S/C24H18N4O7S/c1-35-19-9-7-15(8-10-19)14-26-23(30)21(36-24(26)25-17-5-3-2-4-6-17)12-16-11-18(27(31)32)13-20(22(16)29)28(33)34/h2-13,29H,14H2,1H3/b21-12-,25-24?. The first-order valence-electron chi connectivity index (χ1n) is 10.4. The van der Waals surface area contributed by atoms with E-state index in [4.69, 9.17) is 4.74 Å². The number of non-ortho nitro benzene ring substituents is 1. The van der Waals surface area contributed by atoms with Crippen molar-refractivity contribution in [3.05, 3.63) is 103 Å². The van der Waals surface area contributed by atoms with Gasteiger partial charge in [0, 0.05) is 11.6 Å². The minimum absolute atomic E-state index is 0.0864. The molecule has 3 aromatic rings. The molecule has 1 heterocycles. The van der Waals surface area contributed by atoms with Crippen molar-refractivity contribution in [3.8, 4) is 11.5 Å². The fourth-order valence-electron chi connectivity index (χ4n) is 3.38. The summed E-state index contributed by atoms with van der Waals surface area (Å²) in [5.41, 5.74) is -0.254. The van der Waals surface area contributed by atoms with Gasteiger partial charge in [-0.15, -0.1) is 0 Å². The summed E-state index contributed by atoms with van der Waals surface area (Å²) < 4.78 is 5.17. The minimum Gasteiger partial charge on any atom is -0.502 e. The van der Waals surface area contributed by atoms with Crippen LogP contribution in [0.1, 0.15) is 11.1 Å². The fourth-order valence-corrected chi connectivity index (χ4v) is 4.37. The smallest absolute Gasteiger partial charge is 0.318 e. The predicted octanol–water partition coefficient (Wildman–Crippen LogP) is 5.02. The summed E-state index contributed by atoms with van der Waals surface area (Å²) in [6.07, 6.45) is 1.19. The highest BCUT2D eigenvalue weighted by atomic mass is 32.2. The third-order valence-electron chi connectivity index (χ3n) is 5.17. The first-order valence-corrected chi connectivity index (χ1v) is 11.2. The van der Waals surface area contributed by atoms with Crippen LogP contribution in [0.5, 0.6) is 11.5 Å². The number of amidine groups is 1. The van der Waals surface area contributed by atoms with Gasteiger partial charge in [0.05, 0.1) is 40.2 Å². The van der Waals surface area contributed by atoms with Crippen molar-refractivity contribution >= 4 is 46.0 Å². The van der Waals surface area contributed by atoms with Gasteiger partial charge < -0.3 is 9.84 Å². The van der Waals surface area contributed by atoms with Crippen LogP contribution in [0.25, 0.3) is 6.08 Å². The van der Waals surface area contributed by atoms with E-state index in [9.17, 15) is 30.1 Å². The Balaban J connectivity index is 1.77. The zero-order valence-corrected chi connectivity index (χ0v) is 19.5. The first kappa shape index (κ1) is 24.4. The van der Waals surface area contributed by atoms with Gasteiger partial charge in [-0.3, -0.25) is 29.9 Å². The van der Waals surface area contributed by atoms with E-state index in [1.807, 2.05) is 6.07 Å². The van der Waals surface area contributed by atoms with E-state index in [2.05, 4.69) is 4.99 Å². The van der Waals surface area contributed by atoms with Gasteiger partial charge in [0.1, 0.15) is 5.75 Å². The number of benzene rings is 3. The lowest BCUT2D eigenvalue weighted by atomic mass is 10.1. The Morgan fingerprint density at radius 1 is 1.06 bits per heavy atom. The second-order valence-corrected chi connectivity index (χ2v) is 8.51. The van der Waals surface area contributed by atoms with Crippen LogP contribution in [0.4, 0.5) is 17.1 Å². The molecule has 1 saturated heterocycles. The van der Waals surface area contributed by atoms with Gasteiger partial charge in [-0.05, 0) is 47.7 Å². The molecule has 0 radical (unpaired) electrons. The number of para-hydroxylation sites is 1. The molecule has 0 atom stereocenters. The van der Waals surface area contributed by atoms with Gasteiger partial charge in [0.2, 0.25) is 5.75 Å². The molecule has 1 aliphatic heterocycles. The maximum absolute atomic E-state index is 13.4. The van der Waals surface area contributed by atoms with Crippen molar-refractivity contribution in [3.63, 3.8) is 0 Å². The number of phenolic OH excluding ortho intramolecular Hbond substituents is 1. The molecule has 0 aromatic heterocycles. The van der Waals surface area contributed by atoms with Crippen molar-refractivity contribution in [1.82, 2.24) is 4.90 Å². The highest BCUT2D eigenvalue weighted by molar-refractivity contribution is 8.18. The minimum atomic E-state index is -0.924. The zero-order chi connectivity index (χ0) is 25.8. The molecule has 1 fully saturated rings. The molecule has 1 N–H and O–H groups in total. The number of carbonyl (C=O) groups is 1. The lowest BCUT2D eigenvalue weighted by Crippen LogP contribution is -2.28.